The molecular weight excluding hydrogens is 509 g/mol. The topological polar surface area (TPSA) is 93.9 Å². The Hall–Kier alpha value is -4.29. The molecule has 0 amide bonds. The summed E-state index contributed by atoms with van der Waals surface area (Å²) in [6.07, 6.45) is 6.38. The predicted molar refractivity (Wildman–Crippen MR) is 157 cm³/mol. The highest BCUT2D eigenvalue weighted by atomic mass is 32.1. The zero-order valence-electron chi connectivity index (χ0n) is 22.4. The zero-order valence-corrected chi connectivity index (χ0v) is 23.2. The third-order valence-electron chi connectivity index (χ3n) is 6.91. The summed E-state index contributed by atoms with van der Waals surface area (Å²) in [5, 5.41) is 26.3. The summed E-state index contributed by atoms with van der Waals surface area (Å²) < 4.78 is 15.6. The van der Waals surface area contributed by atoms with Crippen molar-refractivity contribution in [2.75, 3.05) is 4.90 Å². The van der Waals surface area contributed by atoms with Crippen LogP contribution < -0.4 is 4.90 Å². The molecule has 0 fully saturated rings. The Kier molecular flexibility index (Phi) is 8.57. The number of allylic oxidation sites excluding steroid dienone is 3. The molecule has 1 N–H and O–H groups in total. The second-order valence-electron chi connectivity index (χ2n) is 9.21. The number of aromatic nitrogens is 3. The minimum atomic E-state index is -0.349. The van der Waals surface area contributed by atoms with Crippen molar-refractivity contribution in [3.05, 3.63) is 95.0 Å². The first-order valence-electron chi connectivity index (χ1n) is 12.9. The molecule has 0 spiro atoms. The number of nitrogens with one attached hydrogen (secondary N) is 1. The van der Waals surface area contributed by atoms with Gasteiger partial charge in [-0.3, -0.25) is 4.57 Å². The molecule has 0 aliphatic carbocycles. The van der Waals surface area contributed by atoms with E-state index in [0.29, 0.717) is 33.1 Å². The second-order valence-corrected chi connectivity index (χ2v) is 9.62. The first-order valence-corrected chi connectivity index (χ1v) is 13.3. The van der Waals surface area contributed by atoms with Crippen LogP contribution in [0.5, 0.6) is 0 Å². The molecule has 0 radical (unpaired) electrons. The van der Waals surface area contributed by atoms with E-state index in [4.69, 9.17) is 22.6 Å². The molecule has 39 heavy (non-hydrogen) atoms. The average molecular weight is 540 g/mol. The predicted octanol–water partition coefficient (Wildman–Crippen LogP) is 6.89. The highest BCUT2D eigenvalue weighted by Gasteiger charge is 2.36. The van der Waals surface area contributed by atoms with Gasteiger partial charge in [0.05, 0.1) is 33.9 Å². The SMILES string of the molecule is C\C=C1/C(=N/C(=C(\C=N)C(=S)c2ccc(F)cc2)C(C)CC)N(c2ccc(C#N)cc2)C(CC)c2nncn21. The molecule has 1 aliphatic rings. The van der Waals surface area contributed by atoms with Crippen molar-refractivity contribution in [3.8, 4) is 6.07 Å². The number of fused-ring (bicyclic) bond motifs is 1. The molecular formula is C30H30FN7S. The Morgan fingerprint density at radius 1 is 1.21 bits per heavy atom. The van der Waals surface area contributed by atoms with E-state index in [0.717, 1.165) is 30.1 Å². The van der Waals surface area contributed by atoms with Crippen LogP contribution in [0.1, 0.15) is 63.5 Å². The summed E-state index contributed by atoms with van der Waals surface area (Å²) in [7, 11) is 0. The minimum absolute atomic E-state index is 0.0317. The normalized spacial score (nSPS) is 18.4. The fraction of sp³-hybridized carbons (Fsp3) is 0.267. The summed E-state index contributed by atoms with van der Waals surface area (Å²) in [4.78, 5) is 7.82. The van der Waals surface area contributed by atoms with Crippen LogP contribution >= 0.6 is 12.2 Å². The van der Waals surface area contributed by atoms with Gasteiger partial charge in [-0.1, -0.05) is 51.2 Å². The molecule has 1 aliphatic heterocycles. The van der Waals surface area contributed by atoms with Gasteiger partial charge < -0.3 is 10.3 Å². The highest BCUT2D eigenvalue weighted by molar-refractivity contribution is 7.81. The first-order chi connectivity index (χ1) is 18.9. The number of rotatable bonds is 8. The van der Waals surface area contributed by atoms with Crippen molar-refractivity contribution in [2.24, 2.45) is 10.9 Å². The fourth-order valence-corrected chi connectivity index (χ4v) is 4.95. The van der Waals surface area contributed by atoms with Gasteiger partial charge in [0.1, 0.15) is 12.1 Å². The largest absolute Gasteiger partial charge is 0.314 e. The fourth-order valence-electron chi connectivity index (χ4n) is 4.65. The van der Waals surface area contributed by atoms with Gasteiger partial charge in [0, 0.05) is 17.5 Å². The van der Waals surface area contributed by atoms with Crippen molar-refractivity contribution < 1.29 is 4.39 Å². The minimum Gasteiger partial charge on any atom is -0.314 e. The van der Waals surface area contributed by atoms with Gasteiger partial charge >= 0.3 is 0 Å². The third kappa shape index (κ3) is 5.33. The van der Waals surface area contributed by atoms with Crippen LogP contribution in [0, 0.1) is 28.5 Å². The van der Waals surface area contributed by atoms with Crippen LogP contribution in [0.15, 0.2) is 77.2 Å². The van der Waals surface area contributed by atoms with Crippen molar-refractivity contribution in [1.29, 1.82) is 10.7 Å². The number of anilines is 1. The molecule has 2 aromatic carbocycles. The number of thiocarbonyl (C=S) groups is 1. The first kappa shape index (κ1) is 27.7. The van der Waals surface area contributed by atoms with Gasteiger partial charge in [0.25, 0.3) is 0 Å². The molecule has 1 aromatic heterocycles. The lowest BCUT2D eigenvalue weighted by molar-refractivity contribution is 0.609. The molecule has 2 atom stereocenters. The number of benzene rings is 2. The van der Waals surface area contributed by atoms with Gasteiger partial charge in [-0.15, -0.1) is 10.2 Å². The maximum Gasteiger partial charge on any atom is 0.160 e. The third-order valence-corrected chi connectivity index (χ3v) is 7.37. The summed E-state index contributed by atoms with van der Waals surface area (Å²) >= 11 is 5.81. The van der Waals surface area contributed by atoms with Crippen LogP contribution in [0.3, 0.4) is 0 Å². The van der Waals surface area contributed by atoms with Crippen LogP contribution in [-0.4, -0.2) is 31.7 Å². The maximum absolute atomic E-state index is 13.6. The Balaban J connectivity index is 2.00. The standard InChI is InChI=1S/C30H30FN7S/c1-5-19(4)27(24(17-33)28(39)21-10-12-22(31)13-11-21)35-29-25(6-2)37-18-34-36-30(37)26(7-3)38(29)23-14-8-20(16-32)9-15-23/h6,8-15,17-19,26,33H,5,7H2,1-4H3/b25-6+,27-24+,33-17?,35-29-. The van der Waals surface area contributed by atoms with Crippen molar-refractivity contribution in [3.63, 3.8) is 0 Å². The second kappa shape index (κ2) is 12.0. The number of hydrogen-bond donors (Lipinski definition) is 1. The number of aliphatic imine (C=N–C) groups is 1. The van der Waals surface area contributed by atoms with Gasteiger partial charge in [-0.2, -0.15) is 5.26 Å². The number of nitriles is 1. The van der Waals surface area contributed by atoms with E-state index in [1.54, 1.807) is 30.6 Å². The van der Waals surface area contributed by atoms with E-state index in [2.05, 4.69) is 41.9 Å². The maximum atomic E-state index is 13.6. The molecule has 198 valence electrons. The Bertz CT molecular complexity index is 1510. The van der Waals surface area contributed by atoms with E-state index in [9.17, 15) is 9.65 Å². The molecule has 2 unspecified atom stereocenters. The van der Waals surface area contributed by atoms with Crippen LogP contribution in [0.4, 0.5) is 10.1 Å². The molecule has 0 saturated heterocycles. The molecule has 0 bridgehead atoms. The number of hydrogen-bond acceptors (Lipinski definition) is 6. The van der Waals surface area contributed by atoms with Crippen molar-refractivity contribution in [2.45, 2.75) is 46.6 Å². The quantitative estimate of drug-likeness (QED) is 0.146. The molecule has 7 nitrogen and oxygen atoms in total. The summed E-state index contributed by atoms with van der Waals surface area (Å²) in [6, 6.07) is 15.4. The lowest BCUT2D eigenvalue weighted by Gasteiger charge is -2.39. The van der Waals surface area contributed by atoms with Crippen molar-refractivity contribution in [1.82, 2.24) is 14.8 Å². The Morgan fingerprint density at radius 3 is 2.46 bits per heavy atom. The van der Waals surface area contributed by atoms with Gasteiger partial charge in [0.2, 0.25) is 0 Å². The molecule has 2 heterocycles. The van der Waals surface area contributed by atoms with E-state index in [-0.39, 0.29) is 17.8 Å². The Labute approximate surface area is 233 Å². The average Bonchev–Trinajstić information content (AvgIpc) is 3.45. The van der Waals surface area contributed by atoms with E-state index in [1.165, 1.54) is 18.3 Å². The monoisotopic (exact) mass is 539 g/mol. The van der Waals surface area contributed by atoms with E-state index in [1.807, 2.05) is 29.7 Å². The number of amidine groups is 1. The Morgan fingerprint density at radius 2 is 1.90 bits per heavy atom. The smallest absolute Gasteiger partial charge is 0.160 e. The lowest BCUT2D eigenvalue weighted by Crippen LogP contribution is -2.42. The van der Waals surface area contributed by atoms with Crippen LogP contribution in [0.25, 0.3) is 5.70 Å². The lowest BCUT2D eigenvalue weighted by atomic mass is 9.95. The van der Waals surface area contributed by atoms with Gasteiger partial charge in [0.15, 0.2) is 11.7 Å². The van der Waals surface area contributed by atoms with Gasteiger partial charge in [-0.05, 0) is 67.6 Å². The molecule has 3 aromatic rings. The molecule has 4 rings (SSSR count). The van der Waals surface area contributed by atoms with Gasteiger partial charge in [-0.25, -0.2) is 9.38 Å². The van der Waals surface area contributed by atoms with Crippen LogP contribution in [-0.2, 0) is 0 Å². The van der Waals surface area contributed by atoms with Crippen molar-refractivity contribution >= 4 is 40.5 Å². The number of nitrogens with zero attached hydrogens (tertiary/aromatic N) is 6. The van der Waals surface area contributed by atoms with E-state index < -0.39 is 0 Å². The van der Waals surface area contributed by atoms with E-state index >= 15 is 0 Å². The van der Waals surface area contributed by atoms with Crippen LogP contribution in [0.2, 0.25) is 0 Å². The highest BCUT2D eigenvalue weighted by Crippen LogP contribution is 2.38. The zero-order chi connectivity index (χ0) is 28.1. The summed E-state index contributed by atoms with van der Waals surface area (Å²) in [5.41, 5.74) is 4.04. The molecule has 9 heteroatoms. The summed E-state index contributed by atoms with van der Waals surface area (Å²) in [6.45, 7) is 8.14. The summed E-state index contributed by atoms with van der Waals surface area (Å²) in [5.74, 6) is 1.07. The molecule has 0 saturated carbocycles. The number of halogens is 1.